The fourth-order valence-corrected chi connectivity index (χ4v) is 2.87. The highest BCUT2D eigenvalue weighted by molar-refractivity contribution is 5.69. The monoisotopic (exact) mass is 266 g/mol. The Hall–Kier alpha value is -1.42. The molecule has 0 aromatic heterocycles. The molecule has 1 aliphatic rings. The first-order valence-electron chi connectivity index (χ1n) is 6.70. The largest absolute Gasteiger partial charge is 0.481 e. The third kappa shape index (κ3) is 3.77. The third-order valence-corrected chi connectivity index (χ3v) is 3.92. The predicted octanol–water partition coefficient (Wildman–Crippen LogP) is 2.75. The lowest BCUT2D eigenvalue weighted by atomic mass is 9.79. The molecular formula is C15H19FO3. The van der Waals surface area contributed by atoms with Crippen LogP contribution in [0.3, 0.4) is 0 Å². The maximum absolute atomic E-state index is 13.3. The molecule has 4 heteroatoms. The van der Waals surface area contributed by atoms with Gasteiger partial charge in [-0.15, -0.1) is 0 Å². The lowest BCUT2D eigenvalue weighted by molar-refractivity contribution is -0.143. The summed E-state index contributed by atoms with van der Waals surface area (Å²) in [5, 5.41) is 18.0. The number of carbonyl (C=O) groups is 1. The van der Waals surface area contributed by atoms with Crippen molar-refractivity contribution in [3.63, 3.8) is 0 Å². The Balaban J connectivity index is 1.95. The molecule has 104 valence electrons. The molecule has 2 N–H and O–H groups in total. The van der Waals surface area contributed by atoms with Gasteiger partial charge in [0.05, 0.1) is 12.5 Å². The first kappa shape index (κ1) is 14.0. The van der Waals surface area contributed by atoms with Crippen molar-refractivity contribution < 1.29 is 19.4 Å². The molecule has 0 unspecified atom stereocenters. The van der Waals surface area contributed by atoms with Gasteiger partial charge in [-0.25, -0.2) is 4.39 Å². The Morgan fingerprint density at radius 2 is 1.79 bits per heavy atom. The van der Waals surface area contributed by atoms with Crippen LogP contribution in [0, 0.1) is 17.7 Å². The summed E-state index contributed by atoms with van der Waals surface area (Å²) in [5.74, 6) is -0.812. The average molecular weight is 266 g/mol. The van der Waals surface area contributed by atoms with Crippen LogP contribution in [0.25, 0.3) is 0 Å². The highest BCUT2D eigenvalue weighted by Crippen LogP contribution is 2.31. The smallest absolute Gasteiger partial charge is 0.306 e. The SMILES string of the molecule is O=C(O)[C@H]1CC[C@H](Cc2cc(F)cc(CO)c2)CC1. The van der Waals surface area contributed by atoms with Gasteiger partial charge in [0.25, 0.3) is 0 Å². The number of aliphatic hydroxyl groups is 1. The zero-order chi connectivity index (χ0) is 13.8. The van der Waals surface area contributed by atoms with E-state index in [0.717, 1.165) is 24.8 Å². The molecule has 0 aliphatic heterocycles. The van der Waals surface area contributed by atoms with Crippen LogP contribution >= 0.6 is 0 Å². The van der Waals surface area contributed by atoms with E-state index in [1.54, 1.807) is 0 Å². The molecule has 0 radical (unpaired) electrons. The van der Waals surface area contributed by atoms with Gasteiger partial charge in [0.2, 0.25) is 0 Å². The zero-order valence-corrected chi connectivity index (χ0v) is 10.8. The van der Waals surface area contributed by atoms with Gasteiger partial charge in [0.15, 0.2) is 0 Å². The average Bonchev–Trinajstić information content (AvgIpc) is 2.38. The summed E-state index contributed by atoms with van der Waals surface area (Å²) < 4.78 is 13.3. The van der Waals surface area contributed by atoms with Gasteiger partial charge in [-0.1, -0.05) is 6.07 Å². The molecule has 0 atom stereocenters. The minimum atomic E-state index is -0.702. The minimum Gasteiger partial charge on any atom is -0.481 e. The Kier molecular flexibility index (Phi) is 4.53. The van der Waals surface area contributed by atoms with Crippen molar-refractivity contribution in [1.82, 2.24) is 0 Å². The van der Waals surface area contributed by atoms with E-state index in [1.807, 2.05) is 6.07 Å². The maximum atomic E-state index is 13.3. The van der Waals surface area contributed by atoms with E-state index in [-0.39, 0.29) is 18.3 Å². The number of carboxylic acid groups (broad SMARTS) is 1. The van der Waals surface area contributed by atoms with Gasteiger partial charge in [0, 0.05) is 0 Å². The van der Waals surface area contributed by atoms with E-state index in [9.17, 15) is 9.18 Å². The summed E-state index contributed by atoms with van der Waals surface area (Å²) >= 11 is 0. The lowest BCUT2D eigenvalue weighted by Gasteiger charge is -2.26. The molecule has 3 nitrogen and oxygen atoms in total. The molecular weight excluding hydrogens is 247 g/mol. The van der Waals surface area contributed by atoms with Crippen molar-refractivity contribution >= 4 is 5.97 Å². The molecule has 1 aromatic rings. The number of halogens is 1. The molecule has 1 aromatic carbocycles. The van der Waals surface area contributed by atoms with E-state index in [0.29, 0.717) is 24.3 Å². The molecule has 2 rings (SSSR count). The van der Waals surface area contributed by atoms with Crippen LogP contribution in [0.15, 0.2) is 18.2 Å². The molecule has 0 amide bonds. The molecule has 0 heterocycles. The Labute approximate surface area is 112 Å². The molecule has 0 bridgehead atoms. The minimum absolute atomic E-state index is 0.156. The van der Waals surface area contributed by atoms with Crippen molar-refractivity contribution in [3.05, 3.63) is 35.1 Å². The summed E-state index contributed by atoms with van der Waals surface area (Å²) in [6.45, 7) is -0.156. The summed E-state index contributed by atoms with van der Waals surface area (Å²) in [5.41, 5.74) is 1.48. The van der Waals surface area contributed by atoms with E-state index >= 15 is 0 Å². The number of rotatable bonds is 4. The zero-order valence-electron chi connectivity index (χ0n) is 10.8. The predicted molar refractivity (Wildman–Crippen MR) is 69.1 cm³/mol. The van der Waals surface area contributed by atoms with Crippen molar-refractivity contribution in [2.24, 2.45) is 11.8 Å². The van der Waals surface area contributed by atoms with Crippen molar-refractivity contribution in [2.45, 2.75) is 38.7 Å². The van der Waals surface area contributed by atoms with Crippen LogP contribution in [-0.2, 0) is 17.8 Å². The van der Waals surface area contributed by atoms with Crippen molar-refractivity contribution in [3.8, 4) is 0 Å². The summed E-state index contributed by atoms with van der Waals surface area (Å²) in [4.78, 5) is 10.9. The standard InChI is InChI=1S/C15H19FO3/c16-14-7-11(6-12(8-14)9-17)5-10-1-3-13(4-2-10)15(18)19/h6-8,10,13,17H,1-5,9H2,(H,18,19)/t10-,13-. The van der Waals surface area contributed by atoms with Crippen LogP contribution < -0.4 is 0 Å². The number of hydrogen-bond acceptors (Lipinski definition) is 2. The second kappa shape index (κ2) is 6.15. The number of aliphatic carboxylic acids is 1. The van der Waals surface area contributed by atoms with Gasteiger partial charge in [-0.2, -0.15) is 0 Å². The third-order valence-electron chi connectivity index (χ3n) is 3.92. The normalized spacial score (nSPS) is 23.3. The maximum Gasteiger partial charge on any atom is 0.306 e. The second-order valence-corrected chi connectivity index (χ2v) is 5.39. The van der Waals surface area contributed by atoms with E-state index in [1.165, 1.54) is 12.1 Å². The molecule has 1 aliphatic carbocycles. The molecule has 1 saturated carbocycles. The molecule has 0 spiro atoms. The van der Waals surface area contributed by atoms with Crippen LogP contribution in [0.5, 0.6) is 0 Å². The highest BCUT2D eigenvalue weighted by Gasteiger charge is 2.25. The first-order chi connectivity index (χ1) is 9.08. The first-order valence-corrected chi connectivity index (χ1v) is 6.70. The second-order valence-electron chi connectivity index (χ2n) is 5.39. The van der Waals surface area contributed by atoms with Gasteiger partial charge in [0.1, 0.15) is 5.82 Å². The number of carboxylic acids is 1. The van der Waals surface area contributed by atoms with Crippen LogP contribution in [-0.4, -0.2) is 16.2 Å². The molecule has 19 heavy (non-hydrogen) atoms. The van der Waals surface area contributed by atoms with Crippen LogP contribution in [0.4, 0.5) is 4.39 Å². The summed E-state index contributed by atoms with van der Waals surface area (Å²) in [7, 11) is 0. The Morgan fingerprint density at radius 1 is 1.16 bits per heavy atom. The van der Waals surface area contributed by atoms with Crippen molar-refractivity contribution in [1.29, 1.82) is 0 Å². The molecule has 0 saturated heterocycles. The Bertz CT molecular complexity index is 451. The fraction of sp³-hybridized carbons (Fsp3) is 0.533. The number of aliphatic hydroxyl groups excluding tert-OH is 1. The quantitative estimate of drug-likeness (QED) is 0.881. The van der Waals surface area contributed by atoms with Crippen LogP contribution in [0.1, 0.15) is 36.8 Å². The van der Waals surface area contributed by atoms with Crippen molar-refractivity contribution in [2.75, 3.05) is 0 Å². The number of benzene rings is 1. The van der Waals surface area contributed by atoms with Gasteiger partial charge < -0.3 is 10.2 Å². The van der Waals surface area contributed by atoms with Gasteiger partial charge in [-0.3, -0.25) is 4.79 Å². The highest BCUT2D eigenvalue weighted by atomic mass is 19.1. The van der Waals surface area contributed by atoms with E-state index < -0.39 is 5.97 Å². The van der Waals surface area contributed by atoms with Gasteiger partial charge in [-0.05, 0) is 61.3 Å². The Morgan fingerprint density at radius 3 is 2.37 bits per heavy atom. The molecule has 1 fully saturated rings. The van der Waals surface area contributed by atoms with Crippen LogP contribution in [0.2, 0.25) is 0 Å². The number of hydrogen-bond donors (Lipinski definition) is 2. The lowest BCUT2D eigenvalue weighted by Crippen LogP contribution is -2.22. The van der Waals surface area contributed by atoms with Gasteiger partial charge >= 0.3 is 5.97 Å². The fourth-order valence-electron chi connectivity index (χ4n) is 2.87. The summed E-state index contributed by atoms with van der Waals surface area (Å²) in [6, 6.07) is 4.67. The van der Waals surface area contributed by atoms with E-state index in [4.69, 9.17) is 10.2 Å². The van der Waals surface area contributed by atoms with E-state index in [2.05, 4.69) is 0 Å². The summed E-state index contributed by atoms with van der Waals surface area (Å²) in [6.07, 6.45) is 3.94. The topological polar surface area (TPSA) is 57.5 Å².